The molecule has 0 unspecified atom stereocenters. The Labute approximate surface area is 371 Å². The molecule has 0 saturated heterocycles. The van der Waals surface area contributed by atoms with E-state index in [1.807, 2.05) is 66.7 Å². The van der Waals surface area contributed by atoms with E-state index in [-0.39, 0.29) is 0 Å². The van der Waals surface area contributed by atoms with Crippen LogP contribution in [0.5, 0.6) is 0 Å². The highest BCUT2D eigenvalue weighted by Gasteiger charge is 2.24. The van der Waals surface area contributed by atoms with Crippen molar-refractivity contribution in [1.82, 2.24) is 19.5 Å². The van der Waals surface area contributed by atoms with Gasteiger partial charge in [-0.15, -0.1) is 0 Å². The van der Waals surface area contributed by atoms with E-state index in [9.17, 15) is 0 Å². The van der Waals surface area contributed by atoms with Gasteiger partial charge in [-0.2, -0.15) is 0 Å². The first kappa shape index (κ1) is 35.7. The fourth-order valence-corrected chi connectivity index (χ4v) is 10.1. The van der Waals surface area contributed by atoms with Crippen molar-refractivity contribution in [2.45, 2.75) is 0 Å². The standard InChI is InChI=1S/C59H34N4O2/c1-2-15-35(16-3-1)57-60-58(62-59(61-57)44-24-14-28-52-54(44)42-22-9-12-26-50(42)64-52)39-29-30-48(63-47-25-11-8-21-41(47)45-31-36-17-4-5-18-37(36)33-49(45)63)46(32-39)55-40-20-7-6-19-38(40)34-53-56(55)43-23-10-13-27-51(43)65-53/h1-34H. The minimum Gasteiger partial charge on any atom is -0.456 e. The summed E-state index contributed by atoms with van der Waals surface area (Å²) in [5.41, 5.74) is 11.3. The van der Waals surface area contributed by atoms with Crippen molar-refractivity contribution in [1.29, 1.82) is 0 Å². The third-order valence-electron chi connectivity index (χ3n) is 13.0. The minimum atomic E-state index is 0.563. The molecule has 14 aromatic rings. The Kier molecular flexibility index (Phi) is 7.59. The van der Waals surface area contributed by atoms with Crippen molar-refractivity contribution in [3.8, 4) is 51.0 Å². The van der Waals surface area contributed by atoms with Crippen molar-refractivity contribution in [2.75, 3.05) is 0 Å². The summed E-state index contributed by atoms with van der Waals surface area (Å²) in [7, 11) is 0. The van der Waals surface area contributed by atoms with Crippen LogP contribution in [0.2, 0.25) is 0 Å². The van der Waals surface area contributed by atoms with E-state index in [2.05, 4.69) is 144 Å². The zero-order valence-corrected chi connectivity index (χ0v) is 34.7. The van der Waals surface area contributed by atoms with Gasteiger partial charge in [-0.05, 0) is 82.2 Å². The van der Waals surface area contributed by atoms with Gasteiger partial charge in [-0.1, -0.05) is 146 Å². The lowest BCUT2D eigenvalue weighted by Crippen LogP contribution is -2.02. The van der Waals surface area contributed by atoms with Gasteiger partial charge in [0, 0.05) is 60.1 Å². The van der Waals surface area contributed by atoms with Crippen LogP contribution in [-0.4, -0.2) is 19.5 Å². The molecule has 4 aromatic heterocycles. The van der Waals surface area contributed by atoms with Gasteiger partial charge in [0.15, 0.2) is 17.5 Å². The summed E-state index contributed by atoms with van der Waals surface area (Å²) in [4.78, 5) is 15.9. The van der Waals surface area contributed by atoms with Gasteiger partial charge in [-0.25, -0.2) is 15.0 Å². The fourth-order valence-electron chi connectivity index (χ4n) is 10.1. The van der Waals surface area contributed by atoms with Crippen LogP contribution in [0.15, 0.2) is 215 Å². The van der Waals surface area contributed by atoms with Crippen molar-refractivity contribution in [3.05, 3.63) is 206 Å². The third-order valence-corrected chi connectivity index (χ3v) is 13.0. The summed E-state index contributed by atoms with van der Waals surface area (Å²) in [5.74, 6) is 1.72. The molecule has 302 valence electrons. The molecule has 0 spiro atoms. The van der Waals surface area contributed by atoms with Crippen LogP contribution < -0.4 is 0 Å². The zero-order valence-electron chi connectivity index (χ0n) is 34.7. The van der Waals surface area contributed by atoms with Gasteiger partial charge >= 0.3 is 0 Å². The second-order valence-electron chi connectivity index (χ2n) is 16.7. The molecule has 65 heavy (non-hydrogen) atoms. The number of hydrogen-bond acceptors (Lipinski definition) is 5. The van der Waals surface area contributed by atoms with Crippen LogP contribution >= 0.6 is 0 Å². The van der Waals surface area contributed by atoms with Crippen LogP contribution in [0, 0.1) is 0 Å². The molecule has 4 heterocycles. The van der Waals surface area contributed by atoms with E-state index in [1.54, 1.807) is 0 Å². The van der Waals surface area contributed by atoms with Crippen LogP contribution in [-0.2, 0) is 0 Å². The van der Waals surface area contributed by atoms with E-state index in [4.69, 9.17) is 23.8 Å². The first-order valence-corrected chi connectivity index (χ1v) is 21.8. The molecular weight excluding hydrogens is 797 g/mol. The van der Waals surface area contributed by atoms with Crippen LogP contribution in [0.4, 0.5) is 0 Å². The first-order valence-electron chi connectivity index (χ1n) is 21.8. The quantitative estimate of drug-likeness (QED) is 0.173. The number of furan rings is 2. The second kappa shape index (κ2) is 13.8. The van der Waals surface area contributed by atoms with E-state index < -0.39 is 0 Å². The lowest BCUT2D eigenvalue weighted by molar-refractivity contribution is 0.669. The Balaban J connectivity index is 1.11. The number of rotatable bonds is 5. The Morgan fingerprint density at radius 2 is 0.923 bits per heavy atom. The smallest absolute Gasteiger partial charge is 0.164 e. The average Bonchev–Trinajstić information content (AvgIpc) is 4.04. The molecule has 0 fully saturated rings. The second-order valence-corrected chi connectivity index (χ2v) is 16.7. The molecule has 0 bridgehead atoms. The number of nitrogens with zero attached hydrogens (tertiary/aromatic N) is 4. The SMILES string of the molecule is c1ccc(-c2nc(-c3ccc(-n4c5ccccc5c5cc6ccccc6cc54)c(-c4c5ccccc5cc5oc6ccccc6c45)c3)nc(-c3cccc4oc5ccccc5c34)n2)cc1. The fraction of sp³-hybridized carbons (Fsp3) is 0. The van der Waals surface area contributed by atoms with Gasteiger partial charge in [0.25, 0.3) is 0 Å². The van der Waals surface area contributed by atoms with Gasteiger partial charge in [-0.3, -0.25) is 0 Å². The zero-order chi connectivity index (χ0) is 42.6. The maximum Gasteiger partial charge on any atom is 0.164 e. The van der Waals surface area contributed by atoms with Crippen molar-refractivity contribution >= 4 is 87.2 Å². The highest BCUT2D eigenvalue weighted by atomic mass is 16.3. The van der Waals surface area contributed by atoms with Gasteiger partial charge in [0.1, 0.15) is 22.3 Å². The van der Waals surface area contributed by atoms with E-state index >= 15 is 0 Å². The Morgan fingerprint density at radius 3 is 1.72 bits per heavy atom. The van der Waals surface area contributed by atoms with Crippen molar-refractivity contribution < 1.29 is 8.83 Å². The molecule has 0 atom stereocenters. The van der Waals surface area contributed by atoms with Crippen molar-refractivity contribution in [3.63, 3.8) is 0 Å². The number of aromatic nitrogens is 4. The molecular formula is C59H34N4O2. The molecule has 0 aliphatic rings. The molecule has 0 saturated carbocycles. The predicted molar refractivity (Wildman–Crippen MR) is 265 cm³/mol. The highest BCUT2D eigenvalue weighted by Crippen LogP contribution is 2.47. The van der Waals surface area contributed by atoms with Crippen LogP contribution in [0.25, 0.3) is 138 Å². The largest absolute Gasteiger partial charge is 0.456 e. The number of para-hydroxylation sites is 3. The summed E-state index contributed by atoms with van der Waals surface area (Å²) < 4.78 is 15.5. The maximum atomic E-state index is 6.70. The van der Waals surface area contributed by atoms with E-state index in [1.165, 1.54) is 21.5 Å². The van der Waals surface area contributed by atoms with Gasteiger partial charge in [0.05, 0.1) is 16.7 Å². The van der Waals surface area contributed by atoms with Gasteiger partial charge in [0.2, 0.25) is 0 Å². The summed E-state index contributed by atoms with van der Waals surface area (Å²) in [6.45, 7) is 0. The summed E-state index contributed by atoms with van der Waals surface area (Å²) in [6.07, 6.45) is 0. The average molecular weight is 831 g/mol. The number of fused-ring (bicyclic) bond motifs is 11. The van der Waals surface area contributed by atoms with Crippen LogP contribution in [0.1, 0.15) is 0 Å². The Morgan fingerprint density at radius 1 is 0.323 bits per heavy atom. The summed E-state index contributed by atoms with van der Waals surface area (Å²) in [6, 6.07) is 72.2. The molecule has 0 aliphatic heterocycles. The Hall–Kier alpha value is -8.87. The Bertz CT molecular complexity index is 4250. The molecule has 0 amide bonds. The van der Waals surface area contributed by atoms with E-state index in [0.717, 1.165) is 99.2 Å². The molecule has 0 aliphatic carbocycles. The molecule has 10 aromatic carbocycles. The maximum absolute atomic E-state index is 6.70. The molecule has 0 N–H and O–H groups in total. The predicted octanol–water partition coefficient (Wildman–Crippen LogP) is 15.7. The summed E-state index contributed by atoms with van der Waals surface area (Å²) >= 11 is 0. The number of hydrogen-bond donors (Lipinski definition) is 0. The number of benzene rings is 10. The molecule has 14 rings (SSSR count). The van der Waals surface area contributed by atoms with Crippen molar-refractivity contribution in [2.24, 2.45) is 0 Å². The molecule has 0 radical (unpaired) electrons. The third kappa shape index (κ3) is 5.44. The molecule has 6 heteroatoms. The normalized spacial score (nSPS) is 12.0. The minimum absolute atomic E-state index is 0.563. The topological polar surface area (TPSA) is 69.9 Å². The van der Waals surface area contributed by atoms with E-state index in [0.29, 0.717) is 17.5 Å². The van der Waals surface area contributed by atoms with Gasteiger partial charge < -0.3 is 13.4 Å². The molecule has 6 nitrogen and oxygen atoms in total. The lowest BCUT2D eigenvalue weighted by atomic mass is 9.91. The highest BCUT2D eigenvalue weighted by molar-refractivity contribution is 6.22. The summed E-state index contributed by atoms with van der Waals surface area (Å²) in [5, 5.41) is 11.1. The lowest BCUT2D eigenvalue weighted by Gasteiger charge is -2.18. The monoisotopic (exact) mass is 830 g/mol. The van der Waals surface area contributed by atoms with Crippen LogP contribution in [0.3, 0.4) is 0 Å². The first-order chi connectivity index (χ1) is 32.2.